The van der Waals surface area contributed by atoms with Crippen molar-refractivity contribution in [3.63, 3.8) is 0 Å². The van der Waals surface area contributed by atoms with Crippen molar-refractivity contribution in [2.75, 3.05) is 13.2 Å². The lowest BCUT2D eigenvalue weighted by Gasteiger charge is -2.55. The number of nitrogens with one attached hydrogen (secondary N) is 1. The van der Waals surface area contributed by atoms with Crippen LogP contribution in [0.15, 0.2) is 12.2 Å². The van der Waals surface area contributed by atoms with Gasteiger partial charge in [-0.05, 0) is 13.3 Å². The lowest BCUT2D eigenvalue weighted by Crippen LogP contribution is -2.65. The fourth-order valence-electron chi connectivity index (χ4n) is 3.02. The zero-order valence-corrected chi connectivity index (χ0v) is 9.47. The molecule has 2 rings (SSSR count). The second-order valence-corrected chi connectivity index (χ2v) is 5.38. The summed E-state index contributed by atoms with van der Waals surface area (Å²) in [6.07, 6.45) is 1.72. The first-order chi connectivity index (χ1) is 6.53. The fourth-order valence-corrected chi connectivity index (χ4v) is 3.02. The van der Waals surface area contributed by atoms with Crippen molar-refractivity contribution in [3.8, 4) is 0 Å². The first kappa shape index (κ1) is 10.2. The van der Waals surface area contributed by atoms with Crippen LogP contribution in [0.4, 0.5) is 0 Å². The van der Waals surface area contributed by atoms with Crippen LogP contribution >= 0.6 is 0 Å². The summed E-state index contributed by atoms with van der Waals surface area (Å²) in [5, 5.41) is 3.60. The first-order valence-electron chi connectivity index (χ1n) is 5.53. The number of ether oxygens (including phenoxy) is 1. The molecule has 0 bridgehead atoms. The lowest BCUT2D eigenvalue weighted by atomic mass is 9.57. The molecule has 1 saturated carbocycles. The fraction of sp³-hybridized carbons (Fsp3) is 0.833. The van der Waals surface area contributed by atoms with Gasteiger partial charge in [0.2, 0.25) is 0 Å². The van der Waals surface area contributed by atoms with Crippen molar-refractivity contribution < 1.29 is 4.74 Å². The van der Waals surface area contributed by atoms with E-state index < -0.39 is 0 Å². The molecule has 2 nitrogen and oxygen atoms in total. The Morgan fingerprint density at radius 2 is 2.29 bits per heavy atom. The summed E-state index contributed by atoms with van der Waals surface area (Å²) in [6, 6.07) is 0.617. The zero-order chi connectivity index (χ0) is 10.3. The summed E-state index contributed by atoms with van der Waals surface area (Å²) in [6.45, 7) is 12.5. The van der Waals surface area contributed by atoms with E-state index in [0.29, 0.717) is 17.6 Å². The summed E-state index contributed by atoms with van der Waals surface area (Å²) >= 11 is 0. The van der Waals surface area contributed by atoms with Crippen LogP contribution in [0.2, 0.25) is 0 Å². The Morgan fingerprint density at radius 3 is 2.93 bits per heavy atom. The Balaban J connectivity index is 1.95. The van der Waals surface area contributed by atoms with Gasteiger partial charge < -0.3 is 10.1 Å². The molecule has 1 N–H and O–H groups in total. The highest BCUT2D eigenvalue weighted by atomic mass is 16.5. The van der Waals surface area contributed by atoms with E-state index in [1.54, 1.807) is 0 Å². The molecule has 1 aliphatic carbocycles. The lowest BCUT2D eigenvalue weighted by molar-refractivity contribution is -0.111. The van der Waals surface area contributed by atoms with Gasteiger partial charge in [0.05, 0.1) is 6.10 Å². The molecule has 0 spiro atoms. The number of hydrogen-bond donors (Lipinski definition) is 1. The molecule has 0 aromatic rings. The number of hydrogen-bond acceptors (Lipinski definition) is 2. The Labute approximate surface area is 86.7 Å². The monoisotopic (exact) mass is 195 g/mol. The predicted octanol–water partition coefficient (Wildman–Crippen LogP) is 1.97. The van der Waals surface area contributed by atoms with E-state index in [0.717, 1.165) is 19.1 Å². The van der Waals surface area contributed by atoms with E-state index in [4.69, 9.17) is 4.74 Å². The Bertz CT molecular complexity index is 247. The molecule has 14 heavy (non-hydrogen) atoms. The summed E-state index contributed by atoms with van der Waals surface area (Å²) in [5.41, 5.74) is 1.51. The van der Waals surface area contributed by atoms with Gasteiger partial charge in [-0.15, -0.1) is 0 Å². The summed E-state index contributed by atoms with van der Waals surface area (Å²) in [7, 11) is 0. The van der Waals surface area contributed by atoms with Crippen molar-refractivity contribution in [2.24, 2.45) is 11.3 Å². The van der Waals surface area contributed by atoms with Crippen LogP contribution in [-0.2, 0) is 4.74 Å². The molecule has 0 aromatic carbocycles. The van der Waals surface area contributed by atoms with Crippen LogP contribution in [0, 0.1) is 11.3 Å². The maximum absolute atomic E-state index is 5.74. The van der Waals surface area contributed by atoms with Gasteiger partial charge in [-0.3, -0.25) is 0 Å². The third kappa shape index (κ3) is 1.41. The highest BCUT2D eigenvalue weighted by Crippen LogP contribution is 2.51. The van der Waals surface area contributed by atoms with Crippen LogP contribution in [0.5, 0.6) is 0 Å². The molecule has 0 amide bonds. The second-order valence-electron chi connectivity index (χ2n) is 5.38. The van der Waals surface area contributed by atoms with Crippen LogP contribution in [0.1, 0.15) is 27.2 Å². The molecule has 2 heteroatoms. The molecule has 0 aromatic heterocycles. The topological polar surface area (TPSA) is 21.3 Å². The van der Waals surface area contributed by atoms with Gasteiger partial charge in [-0.1, -0.05) is 26.0 Å². The van der Waals surface area contributed by atoms with E-state index in [2.05, 4.69) is 32.7 Å². The predicted molar refractivity (Wildman–Crippen MR) is 58.2 cm³/mol. The van der Waals surface area contributed by atoms with Crippen LogP contribution in [-0.4, -0.2) is 25.3 Å². The first-order valence-corrected chi connectivity index (χ1v) is 5.53. The van der Waals surface area contributed by atoms with Crippen molar-refractivity contribution >= 4 is 0 Å². The Hall–Kier alpha value is -0.340. The minimum atomic E-state index is 0.302. The van der Waals surface area contributed by atoms with Gasteiger partial charge >= 0.3 is 0 Å². The second kappa shape index (κ2) is 3.35. The smallest absolute Gasteiger partial charge is 0.0685 e. The molecule has 3 atom stereocenters. The third-order valence-corrected chi connectivity index (χ3v) is 3.72. The maximum Gasteiger partial charge on any atom is 0.0685 e. The number of rotatable bonds is 3. The molecule has 1 aliphatic heterocycles. The summed E-state index contributed by atoms with van der Waals surface area (Å²) < 4.78 is 5.74. The van der Waals surface area contributed by atoms with Crippen LogP contribution in [0.3, 0.4) is 0 Å². The molecule has 2 fully saturated rings. The maximum atomic E-state index is 5.74. The van der Waals surface area contributed by atoms with Crippen molar-refractivity contribution in [2.45, 2.75) is 39.3 Å². The van der Waals surface area contributed by atoms with Crippen molar-refractivity contribution in [1.29, 1.82) is 0 Å². The van der Waals surface area contributed by atoms with Gasteiger partial charge in [0.25, 0.3) is 0 Å². The van der Waals surface area contributed by atoms with E-state index in [1.165, 1.54) is 12.0 Å². The van der Waals surface area contributed by atoms with E-state index in [1.807, 2.05) is 0 Å². The van der Waals surface area contributed by atoms with Gasteiger partial charge in [0.1, 0.15) is 0 Å². The van der Waals surface area contributed by atoms with E-state index in [-0.39, 0.29) is 0 Å². The van der Waals surface area contributed by atoms with Gasteiger partial charge in [-0.2, -0.15) is 0 Å². The Morgan fingerprint density at radius 1 is 1.57 bits per heavy atom. The molecule has 2 aliphatic rings. The van der Waals surface area contributed by atoms with Crippen molar-refractivity contribution in [1.82, 2.24) is 5.32 Å². The average molecular weight is 195 g/mol. The normalized spacial score (nSPS) is 38.9. The zero-order valence-electron chi connectivity index (χ0n) is 9.47. The highest BCUT2D eigenvalue weighted by Gasteiger charge is 2.58. The van der Waals surface area contributed by atoms with Crippen LogP contribution < -0.4 is 5.32 Å². The van der Waals surface area contributed by atoms with Gasteiger partial charge in [-0.25, -0.2) is 0 Å². The average Bonchev–Trinajstić information content (AvgIpc) is 2.49. The summed E-state index contributed by atoms with van der Waals surface area (Å²) in [4.78, 5) is 0. The molecule has 80 valence electrons. The minimum Gasteiger partial charge on any atom is -0.377 e. The molecule has 3 unspecified atom stereocenters. The molecule has 0 radical (unpaired) electrons. The minimum absolute atomic E-state index is 0.302. The number of fused-ring (bicyclic) bond motifs is 1. The largest absolute Gasteiger partial charge is 0.377 e. The molecule has 1 heterocycles. The van der Waals surface area contributed by atoms with E-state index >= 15 is 0 Å². The standard InChI is InChI=1S/C12H21NO/c1-8(2)7-13-10-9-5-6-14-11(9)12(10,3)4/h9-11,13H,1,5-7H2,2-4H3. The third-order valence-electron chi connectivity index (χ3n) is 3.72. The van der Waals surface area contributed by atoms with E-state index in [9.17, 15) is 0 Å². The quantitative estimate of drug-likeness (QED) is 0.695. The SMILES string of the molecule is C=C(C)CNC1C2CCOC2C1(C)C. The summed E-state index contributed by atoms with van der Waals surface area (Å²) in [5.74, 6) is 0.740. The van der Waals surface area contributed by atoms with Gasteiger partial charge in [0, 0.05) is 30.5 Å². The molecular weight excluding hydrogens is 174 g/mol. The van der Waals surface area contributed by atoms with Crippen molar-refractivity contribution in [3.05, 3.63) is 12.2 Å². The molecule has 1 saturated heterocycles. The highest BCUT2D eigenvalue weighted by molar-refractivity contribution is 5.12. The Kier molecular flexibility index (Phi) is 2.44. The molecular formula is C12H21NO. The van der Waals surface area contributed by atoms with Crippen LogP contribution in [0.25, 0.3) is 0 Å². The van der Waals surface area contributed by atoms with Gasteiger partial charge in [0.15, 0.2) is 0 Å².